The molecule has 3 heteroatoms. The van der Waals surface area contributed by atoms with Crippen LogP contribution in [0.2, 0.25) is 0 Å². The minimum absolute atomic E-state index is 0.197. The second-order valence-corrected chi connectivity index (χ2v) is 5.95. The zero-order valence-corrected chi connectivity index (χ0v) is 9.82. The van der Waals surface area contributed by atoms with E-state index in [1.54, 1.807) is 0 Å². The molecule has 16 heavy (non-hydrogen) atoms. The molecule has 1 atom stereocenters. The SMILES string of the molecule is NC(CNC(=O)C(C1CC1)C1CC1)C1CC1. The summed E-state index contributed by atoms with van der Waals surface area (Å²) in [4.78, 5) is 12.1. The average Bonchev–Trinajstić information content (AvgIpc) is 3.15. The van der Waals surface area contributed by atoms with E-state index in [0.717, 1.165) is 0 Å². The average molecular weight is 222 g/mol. The van der Waals surface area contributed by atoms with E-state index in [-0.39, 0.29) is 6.04 Å². The summed E-state index contributed by atoms with van der Waals surface area (Å²) >= 11 is 0. The van der Waals surface area contributed by atoms with Crippen LogP contribution in [0.5, 0.6) is 0 Å². The fourth-order valence-electron chi connectivity index (χ4n) is 2.75. The highest BCUT2D eigenvalue weighted by molar-refractivity contribution is 5.80. The van der Waals surface area contributed by atoms with Gasteiger partial charge in [0.05, 0.1) is 0 Å². The molecule has 0 aliphatic heterocycles. The van der Waals surface area contributed by atoms with Crippen molar-refractivity contribution in [3.05, 3.63) is 0 Å². The molecular formula is C13H22N2O. The van der Waals surface area contributed by atoms with Gasteiger partial charge in [0.2, 0.25) is 5.91 Å². The van der Waals surface area contributed by atoms with Gasteiger partial charge in [-0.1, -0.05) is 0 Å². The zero-order chi connectivity index (χ0) is 11.1. The summed E-state index contributed by atoms with van der Waals surface area (Å²) in [6, 6.07) is 0.197. The minimum atomic E-state index is 0.197. The smallest absolute Gasteiger partial charge is 0.223 e. The highest BCUT2D eigenvalue weighted by atomic mass is 16.1. The summed E-state index contributed by atoms with van der Waals surface area (Å²) in [7, 11) is 0. The van der Waals surface area contributed by atoms with Gasteiger partial charge in [-0.15, -0.1) is 0 Å². The normalized spacial score (nSPS) is 26.9. The fourth-order valence-corrected chi connectivity index (χ4v) is 2.75. The molecule has 3 nitrogen and oxygen atoms in total. The molecular weight excluding hydrogens is 200 g/mol. The standard InChI is InChI=1S/C13H22N2O/c14-11(8-1-2-8)7-15-13(16)12(9-3-4-9)10-5-6-10/h8-12H,1-7,14H2,(H,15,16). The Balaban J connectivity index is 1.46. The molecule has 90 valence electrons. The van der Waals surface area contributed by atoms with Gasteiger partial charge in [0, 0.05) is 18.5 Å². The molecule has 3 aliphatic carbocycles. The summed E-state index contributed by atoms with van der Waals surface area (Å²) in [5.74, 6) is 2.70. The van der Waals surface area contributed by atoms with Crippen molar-refractivity contribution in [3.63, 3.8) is 0 Å². The molecule has 1 amide bonds. The van der Waals surface area contributed by atoms with E-state index in [0.29, 0.717) is 36.1 Å². The van der Waals surface area contributed by atoms with E-state index in [1.807, 2.05) is 0 Å². The van der Waals surface area contributed by atoms with Crippen LogP contribution in [0.3, 0.4) is 0 Å². The molecule has 0 radical (unpaired) electrons. The van der Waals surface area contributed by atoms with Crippen molar-refractivity contribution >= 4 is 5.91 Å². The van der Waals surface area contributed by atoms with Crippen LogP contribution in [0.25, 0.3) is 0 Å². The molecule has 0 aromatic rings. The van der Waals surface area contributed by atoms with Crippen LogP contribution in [0.15, 0.2) is 0 Å². The first-order chi connectivity index (χ1) is 7.75. The third-order valence-electron chi connectivity index (χ3n) is 4.30. The molecule has 3 aliphatic rings. The topological polar surface area (TPSA) is 55.1 Å². The second kappa shape index (κ2) is 4.02. The van der Waals surface area contributed by atoms with E-state index < -0.39 is 0 Å². The Bertz CT molecular complexity index is 268. The highest BCUT2D eigenvalue weighted by Crippen LogP contribution is 2.49. The lowest BCUT2D eigenvalue weighted by molar-refractivity contribution is -0.126. The van der Waals surface area contributed by atoms with Gasteiger partial charge in [0.15, 0.2) is 0 Å². The summed E-state index contributed by atoms with van der Waals surface area (Å²) in [5.41, 5.74) is 6.00. The molecule has 0 heterocycles. The number of rotatable bonds is 6. The lowest BCUT2D eigenvalue weighted by atomic mass is 9.97. The molecule has 3 fully saturated rings. The Morgan fingerprint density at radius 1 is 1.06 bits per heavy atom. The Kier molecular flexibility index (Phi) is 2.66. The Morgan fingerprint density at radius 3 is 2.00 bits per heavy atom. The van der Waals surface area contributed by atoms with Gasteiger partial charge in [0.1, 0.15) is 0 Å². The van der Waals surface area contributed by atoms with Gasteiger partial charge < -0.3 is 11.1 Å². The zero-order valence-electron chi connectivity index (χ0n) is 9.82. The number of carbonyl (C=O) groups excluding carboxylic acids is 1. The van der Waals surface area contributed by atoms with Crippen LogP contribution in [0.4, 0.5) is 0 Å². The van der Waals surface area contributed by atoms with E-state index in [2.05, 4.69) is 5.32 Å². The van der Waals surface area contributed by atoms with Crippen LogP contribution in [0.1, 0.15) is 38.5 Å². The number of nitrogens with one attached hydrogen (secondary N) is 1. The van der Waals surface area contributed by atoms with Crippen molar-refractivity contribution in [2.24, 2.45) is 29.4 Å². The summed E-state index contributed by atoms with van der Waals surface area (Å²) in [6.45, 7) is 0.694. The fraction of sp³-hybridized carbons (Fsp3) is 0.923. The van der Waals surface area contributed by atoms with Crippen molar-refractivity contribution < 1.29 is 4.79 Å². The van der Waals surface area contributed by atoms with Gasteiger partial charge in [-0.3, -0.25) is 4.79 Å². The predicted molar refractivity (Wildman–Crippen MR) is 62.6 cm³/mol. The molecule has 0 aromatic heterocycles. The Hall–Kier alpha value is -0.570. The number of nitrogens with two attached hydrogens (primary N) is 1. The molecule has 3 saturated carbocycles. The van der Waals surface area contributed by atoms with E-state index >= 15 is 0 Å². The lowest BCUT2D eigenvalue weighted by Gasteiger charge is -2.17. The van der Waals surface area contributed by atoms with Crippen molar-refractivity contribution in [2.45, 2.75) is 44.6 Å². The number of hydrogen-bond acceptors (Lipinski definition) is 2. The lowest BCUT2D eigenvalue weighted by Crippen LogP contribution is -2.42. The van der Waals surface area contributed by atoms with Crippen LogP contribution < -0.4 is 11.1 Å². The van der Waals surface area contributed by atoms with Crippen LogP contribution in [-0.2, 0) is 4.79 Å². The van der Waals surface area contributed by atoms with Crippen molar-refractivity contribution in [2.75, 3.05) is 6.54 Å². The number of carbonyl (C=O) groups is 1. The van der Waals surface area contributed by atoms with Crippen LogP contribution in [0, 0.1) is 23.7 Å². The molecule has 0 saturated heterocycles. The maximum absolute atomic E-state index is 12.1. The van der Waals surface area contributed by atoms with Crippen molar-refractivity contribution in [1.29, 1.82) is 0 Å². The van der Waals surface area contributed by atoms with Crippen LogP contribution >= 0.6 is 0 Å². The second-order valence-electron chi connectivity index (χ2n) is 5.95. The molecule has 0 spiro atoms. The first-order valence-corrected chi connectivity index (χ1v) is 6.79. The molecule has 3 N–H and O–H groups in total. The van der Waals surface area contributed by atoms with Gasteiger partial charge in [-0.05, 0) is 56.3 Å². The predicted octanol–water partition coefficient (Wildman–Crippen LogP) is 1.28. The molecule has 1 unspecified atom stereocenters. The maximum atomic E-state index is 12.1. The first-order valence-electron chi connectivity index (χ1n) is 6.79. The third kappa shape index (κ3) is 2.40. The van der Waals surface area contributed by atoms with Gasteiger partial charge in [-0.2, -0.15) is 0 Å². The van der Waals surface area contributed by atoms with Gasteiger partial charge in [-0.25, -0.2) is 0 Å². The Labute approximate surface area is 97.2 Å². The summed E-state index contributed by atoms with van der Waals surface area (Å²) < 4.78 is 0. The minimum Gasteiger partial charge on any atom is -0.354 e. The maximum Gasteiger partial charge on any atom is 0.223 e. The molecule has 3 rings (SSSR count). The first kappa shape index (κ1) is 10.6. The van der Waals surface area contributed by atoms with E-state index in [1.165, 1.54) is 38.5 Å². The van der Waals surface area contributed by atoms with Gasteiger partial charge in [0.25, 0.3) is 0 Å². The molecule has 0 bridgehead atoms. The number of hydrogen-bond donors (Lipinski definition) is 2. The van der Waals surface area contributed by atoms with Crippen molar-refractivity contribution in [3.8, 4) is 0 Å². The third-order valence-corrected chi connectivity index (χ3v) is 4.30. The molecule has 0 aromatic carbocycles. The van der Waals surface area contributed by atoms with Crippen molar-refractivity contribution in [1.82, 2.24) is 5.32 Å². The number of amides is 1. The highest BCUT2D eigenvalue weighted by Gasteiger charge is 2.45. The van der Waals surface area contributed by atoms with Crippen LogP contribution in [-0.4, -0.2) is 18.5 Å². The Morgan fingerprint density at radius 2 is 1.56 bits per heavy atom. The monoisotopic (exact) mass is 222 g/mol. The van der Waals surface area contributed by atoms with Gasteiger partial charge >= 0.3 is 0 Å². The summed E-state index contributed by atoms with van der Waals surface area (Å²) in [6.07, 6.45) is 7.58. The van der Waals surface area contributed by atoms with E-state index in [4.69, 9.17) is 5.73 Å². The van der Waals surface area contributed by atoms with E-state index in [9.17, 15) is 4.79 Å². The summed E-state index contributed by atoms with van der Waals surface area (Å²) in [5, 5.41) is 3.08. The quantitative estimate of drug-likeness (QED) is 0.711. The largest absolute Gasteiger partial charge is 0.354 e.